The fourth-order valence-electron chi connectivity index (χ4n) is 3.38. The quantitative estimate of drug-likeness (QED) is 0.437. The number of hydrogen-bond acceptors (Lipinski definition) is 4. The first-order valence-corrected chi connectivity index (χ1v) is 9.15. The van der Waals surface area contributed by atoms with E-state index in [0.29, 0.717) is 17.1 Å². The minimum absolute atomic E-state index is 0.0892. The highest BCUT2D eigenvalue weighted by Crippen LogP contribution is 2.37. The second-order valence-corrected chi connectivity index (χ2v) is 6.65. The van der Waals surface area contributed by atoms with E-state index in [1.165, 1.54) is 18.6 Å². The lowest BCUT2D eigenvalue weighted by molar-refractivity contribution is -0.137. The van der Waals surface area contributed by atoms with Crippen molar-refractivity contribution < 1.29 is 17.9 Å². The largest absolute Gasteiger partial charge is 0.496 e. The minimum Gasteiger partial charge on any atom is -0.496 e. The Labute approximate surface area is 176 Å². The molecule has 0 spiro atoms. The van der Waals surface area contributed by atoms with Crippen LogP contribution in [0.15, 0.2) is 73.4 Å². The van der Waals surface area contributed by atoms with E-state index in [2.05, 4.69) is 9.97 Å². The molecule has 0 aliphatic carbocycles. The van der Waals surface area contributed by atoms with Crippen LogP contribution in [-0.2, 0) is 6.18 Å². The summed E-state index contributed by atoms with van der Waals surface area (Å²) in [6.07, 6.45) is 1.60. The maximum absolute atomic E-state index is 13.4. The number of nitriles is 1. The molecule has 0 N–H and O–H groups in total. The van der Waals surface area contributed by atoms with Crippen LogP contribution in [0, 0.1) is 11.3 Å². The van der Waals surface area contributed by atoms with Gasteiger partial charge in [-0.05, 0) is 30.3 Å². The summed E-state index contributed by atoms with van der Waals surface area (Å²) in [5.74, 6) is 0.641. The van der Waals surface area contributed by atoms with Gasteiger partial charge in [0.05, 0.1) is 54.4 Å². The number of halogens is 3. The normalized spacial score (nSPS) is 11.2. The molecule has 0 fully saturated rings. The van der Waals surface area contributed by atoms with Crippen LogP contribution in [0.2, 0.25) is 0 Å². The van der Waals surface area contributed by atoms with Gasteiger partial charge >= 0.3 is 6.18 Å². The van der Waals surface area contributed by atoms with Crippen LogP contribution >= 0.6 is 0 Å². The van der Waals surface area contributed by atoms with Crippen molar-refractivity contribution in [3.05, 3.63) is 84.6 Å². The Bertz CT molecular complexity index is 1290. The van der Waals surface area contributed by atoms with Gasteiger partial charge in [0.15, 0.2) is 0 Å². The van der Waals surface area contributed by atoms with Crippen molar-refractivity contribution in [2.24, 2.45) is 0 Å². The number of benzene rings is 2. The van der Waals surface area contributed by atoms with E-state index in [0.717, 1.165) is 23.3 Å². The van der Waals surface area contributed by atoms with E-state index >= 15 is 0 Å². The van der Waals surface area contributed by atoms with E-state index in [-0.39, 0.29) is 11.1 Å². The number of aromatic nitrogens is 3. The third kappa shape index (κ3) is 3.85. The number of ether oxygens (including phenoxy) is 1. The van der Waals surface area contributed by atoms with Gasteiger partial charge in [-0.3, -0.25) is 9.55 Å². The van der Waals surface area contributed by atoms with Crippen LogP contribution in [0.25, 0.3) is 28.1 Å². The fourth-order valence-corrected chi connectivity index (χ4v) is 3.38. The number of para-hydroxylation sites is 1. The molecule has 0 amide bonds. The Morgan fingerprint density at radius 3 is 2.55 bits per heavy atom. The van der Waals surface area contributed by atoms with Crippen LogP contribution < -0.4 is 4.74 Å². The van der Waals surface area contributed by atoms with Gasteiger partial charge in [0.25, 0.3) is 0 Å². The van der Waals surface area contributed by atoms with Gasteiger partial charge in [0.2, 0.25) is 0 Å². The summed E-state index contributed by atoms with van der Waals surface area (Å²) in [5.41, 5.74) is 1.79. The zero-order valence-electron chi connectivity index (χ0n) is 16.3. The molecule has 5 nitrogen and oxygen atoms in total. The molecule has 0 aliphatic heterocycles. The molecule has 0 saturated heterocycles. The molecular formula is C23H15F3N4O. The number of methoxy groups -OCH3 is 1. The number of pyridine rings is 1. The molecular weight excluding hydrogens is 405 g/mol. The van der Waals surface area contributed by atoms with E-state index in [9.17, 15) is 18.4 Å². The summed E-state index contributed by atoms with van der Waals surface area (Å²) in [4.78, 5) is 8.33. The second-order valence-electron chi connectivity index (χ2n) is 6.65. The molecule has 4 rings (SSSR count). The van der Waals surface area contributed by atoms with Gasteiger partial charge in [-0.15, -0.1) is 0 Å². The molecule has 2 aromatic carbocycles. The van der Waals surface area contributed by atoms with Crippen LogP contribution in [0.5, 0.6) is 5.75 Å². The van der Waals surface area contributed by atoms with Crippen molar-refractivity contribution in [2.75, 3.05) is 7.11 Å². The molecule has 0 radical (unpaired) electrons. The van der Waals surface area contributed by atoms with E-state index < -0.39 is 11.7 Å². The summed E-state index contributed by atoms with van der Waals surface area (Å²) in [5, 5.41) is 9.22. The third-order valence-electron chi connectivity index (χ3n) is 4.78. The number of alkyl halides is 3. The first-order valence-electron chi connectivity index (χ1n) is 9.15. The highest BCUT2D eigenvalue weighted by molar-refractivity contribution is 5.79. The van der Waals surface area contributed by atoms with Crippen LogP contribution in [-0.4, -0.2) is 21.6 Å². The molecule has 0 bridgehead atoms. The van der Waals surface area contributed by atoms with Gasteiger partial charge in [-0.2, -0.15) is 18.4 Å². The average Bonchev–Trinajstić information content (AvgIpc) is 3.28. The summed E-state index contributed by atoms with van der Waals surface area (Å²) in [6.45, 7) is 0. The monoisotopic (exact) mass is 420 g/mol. The van der Waals surface area contributed by atoms with Crippen molar-refractivity contribution in [1.82, 2.24) is 14.5 Å². The molecule has 2 aromatic heterocycles. The SMILES string of the molecule is COc1ccccc1-c1ccncc1-n1cncc1-c1cc(C#N)cc(C(F)(F)F)c1. The number of rotatable bonds is 4. The minimum atomic E-state index is -4.58. The van der Waals surface area contributed by atoms with Crippen molar-refractivity contribution in [1.29, 1.82) is 5.26 Å². The van der Waals surface area contributed by atoms with Crippen LogP contribution in [0.4, 0.5) is 13.2 Å². The molecule has 154 valence electrons. The van der Waals surface area contributed by atoms with Crippen molar-refractivity contribution in [3.8, 4) is 39.9 Å². The smallest absolute Gasteiger partial charge is 0.416 e. The summed E-state index contributed by atoms with van der Waals surface area (Å²) in [6, 6.07) is 14.2. The lowest BCUT2D eigenvalue weighted by Crippen LogP contribution is -2.06. The average molecular weight is 420 g/mol. The second kappa shape index (κ2) is 7.95. The predicted molar refractivity (Wildman–Crippen MR) is 109 cm³/mol. The summed E-state index contributed by atoms with van der Waals surface area (Å²) >= 11 is 0. The highest BCUT2D eigenvalue weighted by atomic mass is 19.4. The maximum atomic E-state index is 13.4. The van der Waals surface area contributed by atoms with E-state index in [1.807, 2.05) is 24.3 Å². The zero-order chi connectivity index (χ0) is 22.0. The first-order chi connectivity index (χ1) is 14.9. The molecule has 31 heavy (non-hydrogen) atoms. The maximum Gasteiger partial charge on any atom is 0.416 e. The Balaban J connectivity index is 1.92. The number of imidazole rings is 1. The molecule has 4 aromatic rings. The van der Waals surface area contributed by atoms with Gasteiger partial charge in [0, 0.05) is 22.9 Å². The van der Waals surface area contributed by atoms with Crippen LogP contribution in [0.3, 0.4) is 0 Å². The van der Waals surface area contributed by atoms with Crippen LogP contribution in [0.1, 0.15) is 11.1 Å². The summed E-state index contributed by atoms with van der Waals surface area (Å²) in [7, 11) is 1.56. The van der Waals surface area contributed by atoms with Crippen molar-refractivity contribution >= 4 is 0 Å². The first kappa shape index (κ1) is 20.2. The molecule has 0 aliphatic rings. The molecule has 0 saturated carbocycles. The highest BCUT2D eigenvalue weighted by Gasteiger charge is 2.31. The Morgan fingerprint density at radius 2 is 1.81 bits per heavy atom. The Morgan fingerprint density at radius 1 is 1.00 bits per heavy atom. The van der Waals surface area contributed by atoms with Gasteiger partial charge in [-0.25, -0.2) is 4.98 Å². The third-order valence-corrected chi connectivity index (χ3v) is 4.78. The molecule has 0 unspecified atom stereocenters. The molecule has 0 atom stereocenters. The lowest BCUT2D eigenvalue weighted by Gasteiger charge is -2.16. The Kier molecular flexibility index (Phi) is 5.17. The fraction of sp³-hybridized carbons (Fsp3) is 0.0870. The van der Waals surface area contributed by atoms with Gasteiger partial charge in [-0.1, -0.05) is 18.2 Å². The number of hydrogen-bond donors (Lipinski definition) is 0. The zero-order valence-corrected chi connectivity index (χ0v) is 16.3. The Hall–Kier alpha value is -4.12. The topological polar surface area (TPSA) is 63.7 Å². The lowest BCUT2D eigenvalue weighted by atomic mass is 10.0. The standard InChI is InChI=1S/C23H15F3N4O/c1-31-22-5-3-2-4-19(22)18-6-7-28-13-21(18)30-14-29-12-20(30)16-8-15(11-27)9-17(10-16)23(24,25)26/h2-10,12-14H,1H3. The van der Waals surface area contributed by atoms with E-state index in [4.69, 9.17) is 4.74 Å². The summed E-state index contributed by atoms with van der Waals surface area (Å²) < 4.78 is 47.2. The van der Waals surface area contributed by atoms with Crippen molar-refractivity contribution in [3.63, 3.8) is 0 Å². The van der Waals surface area contributed by atoms with Crippen molar-refractivity contribution in [2.45, 2.75) is 6.18 Å². The predicted octanol–water partition coefficient (Wildman–Crippen LogP) is 5.50. The van der Waals surface area contributed by atoms with E-state index in [1.54, 1.807) is 36.2 Å². The number of nitrogens with zero attached hydrogens (tertiary/aromatic N) is 4. The molecule has 2 heterocycles. The van der Waals surface area contributed by atoms with Gasteiger partial charge in [0.1, 0.15) is 5.75 Å². The van der Waals surface area contributed by atoms with Gasteiger partial charge < -0.3 is 4.74 Å². The molecule has 8 heteroatoms.